The molecule has 0 radical (unpaired) electrons. The van der Waals surface area contributed by atoms with E-state index < -0.39 is 11.7 Å². The minimum atomic E-state index is -0.692. The van der Waals surface area contributed by atoms with Gasteiger partial charge in [-0.3, -0.25) is 4.79 Å². The van der Waals surface area contributed by atoms with Gasteiger partial charge in [-0.05, 0) is 30.3 Å². The zero-order chi connectivity index (χ0) is 14.0. The van der Waals surface area contributed by atoms with Crippen molar-refractivity contribution in [3.8, 4) is 0 Å². The van der Waals surface area contributed by atoms with Gasteiger partial charge in [-0.2, -0.15) is 0 Å². The first-order valence-corrected chi connectivity index (χ1v) is 6.33. The SMILES string of the molecule is O=C(Nc1cccc(Cl)c1F)c1ccc(Cl)cc1Cl. The lowest BCUT2D eigenvalue weighted by Crippen LogP contribution is -2.13. The monoisotopic (exact) mass is 317 g/mol. The Bertz CT molecular complexity index is 646. The number of benzene rings is 2. The van der Waals surface area contributed by atoms with E-state index in [1.165, 1.54) is 36.4 Å². The Morgan fingerprint density at radius 1 is 1.05 bits per heavy atom. The van der Waals surface area contributed by atoms with Gasteiger partial charge in [0.2, 0.25) is 0 Å². The molecule has 0 saturated carbocycles. The Labute approximate surface area is 124 Å². The highest BCUT2D eigenvalue weighted by Crippen LogP contribution is 2.25. The number of nitrogens with one attached hydrogen (secondary N) is 1. The van der Waals surface area contributed by atoms with Gasteiger partial charge in [-0.15, -0.1) is 0 Å². The van der Waals surface area contributed by atoms with Gasteiger partial charge in [-0.25, -0.2) is 4.39 Å². The van der Waals surface area contributed by atoms with Gasteiger partial charge in [0, 0.05) is 5.02 Å². The molecule has 0 heterocycles. The van der Waals surface area contributed by atoms with Crippen LogP contribution in [-0.2, 0) is 0 Å². The average molecular weight is 319 g/mol. The molecule has 0 aromatic heterocycles. The standard InChI is InChI=1S/C13H7Cl3FNO/c14-7-4-5-8(10(16)6-7)13(19)18-11-3-1-2-9(15)12(11)17/h1-6H,(H,18,19). The first-order chi connectivity index (χ1) is 8.99. The molecule has 0 fully saturated rings. The van der Waals surface area contributed by atoms with Crippen LogP contribution in [0.2, 0.25) is 15.1 Å². The normalized spacial score (nSPS) is 10.3. The summed E-state index contributed by atoms with van der Waals surface area (Å²) in [7, 11) is 0. The Morgan fingerprint density at radius 3 is 2.47 bits per heavy atom. The Balaban J connectivity index is 2.28. The summed E-state index contributed by atoms with van der Waals surface area (Å²) in [5.74, 6) is -1.23. The minimum absolute atomic E-state index is 0.0106. The smallest absolute Gasteiger partial charge is 0.257 e. The molecule has 1 N–H and O–H groups in total. The van der Waals surface area contributed by atoms with Gasteiger partial charge in [-0.1, -0.05) is 40.9 Å². The molecule has 0 atom stereocenters. The molecule has 0 aliphatic carbocycles. The molecule has 0 spiro atoms. The fourth-order valence-electron chi connectivity index (χ4n) is 1.46. The van der Waals surface area contributed by atoms with Crippen LogP contribution >= 0.6 is 34.8 Å². The lowest BCUT2D eigenvalue weighted by atomic mass is 10.2. The number of hydrogen-bond acceptors (Lipinski definition) is 1. The van der Waals surface area contributed by atoms with Crippen LogP contribution in [0.4, 0.5) is 10.1 Å². The van der Waals surface area contributed by atoms with Crippen LogP contribution in [0, 0.1) is 5.82 Å². The second-order valence-electron chi connectivity index (χ2n) is 3.68. The zero-order valence-corrected chi connectivity index (χ0v) is 11.7. The van der Waals surface area contributed by atoms with Gasteiger partial charge in [0.1, 0.15) is 0 Å². The average Bonchev–Trinajstić information content (AvgIpc) is 2.34. The maximum Gasteiger partial charge on any atom is 0.257 e. The fourth-order valence-corrected chi connectivity index (χ4v) is 2.13. The van der Waals surface area contributed by atoms with E-state index in [9.17, 15) is 9.18 Å². The predicted molar refractivity (Wildman–Crippen MR) is 75.8 cm³/mol. The van der Waals surface area contributed by atoms with E-state index in [-0.39, 0.29) is 21.3 Å². The molecular formula is C13H7Cl3FNO. The van der Waals surface area contributed by atoms with E-state index in [0.29, 0.717) is 5.02 Å². The summed E-state index contributed by atoms with van der Waals surface area (Å²) in [4.78, 5) is 12.0. The third-order valence-electron chi connectivity index (χ3n) is 2.38. The maximum absolute atomic E-state index is 13.6. The molecule has 0 aliphatic heterocycles. The quantitative estimate of drug-likeness (QED) is 0.826. The van der Waals surface area contributed by atoms with Crippen molar-refractivity contribution < 1.29 is 9.18 Å². The van der Waals surface area contributed by atoms with Gasteiger partial charge in [0.15, 0.2) is 5.82 Å². The third-order valence-corrected chi connectivity index (χ3v) is 3.22. The van der Waals surface area contributed by atoms with E-state index in [1.807, 2.05) is 0 Å². The highest BCUT2D eigenvalue weighted by atomic mass is 35.5. The van der Waals surface area contributed by atoms with E-state index in [2.05, 4.69) is 5.32 Å². The number of anilines is 1. The van der Waals surface area contributed by atoms with Crippen LogP contribution in [-0.4, -0.2) is 5.91 Å². The lowest BCUT2D eigenvalue weighted by molar-refractivity contribution is 0.102. The van der Waals surface area contributed by atoms with E-state index in [1.54, 1.807) is 0 Å². The zero-order valence-electron chi connectivity index (χ0n) is 9.38. The number of hydrogen-bond donors (Lipinski definition) is 1. The largest absolute Gasteiger partial charge is 0.319 e. The highest BCUT2D eigenvalue weighted by molar-refractivity contribution is 6.37. The fraction of sp³-hybridized carbons (Fsp3) is 0. The molecule has 2 nitrogen and oxygen atoms in total. The second kappa shape index (κ2) is 5.78. The molecular weight excluding hydrogens is 312 g/mol. The minimum Gasteiger partial charge on any atom is -0.319 e. The molecule has 0 saturated heterocycles. The summed E-state index contributed by atoms with van der Waals surface area (Å²) in [5.41, 5.74) is 0.189. The molecule has 2 aromatic rings. The van der Waals surface area contributed by atoms with Gasteiger partial charge >= 0.3 is 0 Å². The Hall–Kier alpha value is -1.29. The van der Waals surface area contributed by atoms with Crippen molar-refractivity contribution in [3.05, 3.63) is 62.8 Å². The van der Waals surface area contributed by atoms with E-state index >= 15 is 0 Å². The molecule has 0 bridgehead atoms. The Morgan fingerprint density at radius 2 is 1.79 bits per heavy atom. The van der Waals surface area contributed by atoms with E-state index in [0.717, 1.165) is 0 Å². The highest BCUT2D eigenvalue weighted by Gasteiger charge is 2.14. The summed E-state index contributed by atoms with van der Waals surface area (Å²) >= 11 is 17.3. The molecule has 2 aromatic carbocycles. The molecule has 98 valence electrons. The molecule has 6 heteroatoms. The lowest BCUT2D eigenvalue weighted by Gasteiger charge is -2.08. The van der Waals surface area contributed by atoms with Gasteiger partial charge < -0.3 is 5.32 Å². The van der Waals surface area contributed by atoms with Crippen LogP contribution in [0.15, 0.2) is 36.4 Å². The van der Waals surface area contributed by atoms with Crippen LogP contribution in [0.1, 0.15) is 10.4 Å². The van der Waals surface area contributed by atoms with Crippen LogP contribution in [0.3, 0.4) is 0 Å². The summed E-state index contributed by atoms with van der Waals surface area (Å²) in [6.45, 7) is 0. The first kappa shape index (κ1) is 14.1. The second-order valence-corrected chi connectivity index (χ2v) is 4.93. The number of halogens is 4. The summed E-state index contributed by atoms with van der Waals surface area (Å²) in [6.07, 6.45) is 0. The number of carbonyl (C=O) groups excluding carboxylic acids is 1. The third kappa shape index (κ3) is 3.18. The summed E-state index contributed by atoms with van der Waals surface area (Å²) < 4.78 is 13.6. The number of rotatable bonds is 2. The molecule has 0 unspecified atom stereocenters. The van der Waals surface area contributed by atoms with E-state index in [4.69, 9.17) is 34.8 Å². The molecule has 19 heavy (non-hydrogen) atoms. The van der Waals surface area contributed by atoms with Crippen molar-refractivity contribution >= 4 is 46.4 Å². The molecule has 1 amide bonds. The number of amides is 1. The van der Waals surface area contributed by atoms with Gasteiger partial charge in [0.05, 0.1) is 21.3 Å². The van der Waals surface area contributed by atoms with Crippen molar-refractivity contribution in [2.24, 2.45) is 0 Å². The van der Waals surface area contributed by atoms with Crippen molar-refractivity contribution in [1.29, 1.82) is 0 Å². The van der Waals surface area contributed by atoms with Gasteiger partial charge in [0.25, 0.3) is 5.91 Å². The van der Waals surface area contributed by atoms with Crippen molar-refractivity contribution in [2.75, 3.05) is 5.32 Å². The van der Waals surface area contributed by atoms with Crippen molar-refractivity contribution in [2.45, 2.75) is 0 Å². The van der Waals surface area contributed by atoms with Crippen LogP contribution in [0.25, 0.3) is 0 Å². The molecule has 2 rings (SSSR count). The first-order valence-electron chi connectivity index (χ1n) is 5.19. The van der Waals surface area contributed by atoms with Crippen LogP contribution < -0.4 is 5.32 Å². The number of carbonyl (C=O) groups is 1. The molecule has 0 aliphatic rings. The maximum atomic E-state index is 13.6. The summed E-state index contributed by atoms with van der Waals surface area (Å²) in [6, 6.07) is 8.75. The summed E-state index contributed by atoms with van der Waals surface area (Å²) in [5, 5.41) is 2.93. The van der Waals surface area contributed by atoms with Crippen molar-refractivity contribution in [3.63, 3.8) is 0 Å². The van der Waals surface area contributed by atoms with Crippen molar-refractivity contribution in [1.82, 2.24) is 0 Å². The topological polar surface area (TPSA) is 29.1 Å². The van der Waals surface area contributed by atoms with Crippen LogP contribution in [0.5, 0.6) is 0 Å². The predicted octanol–water partition coefficient (Wildman–Crippen LogP) is 5.04. The Kier molecular flexibility index (Phi) is 4.30.